The molecule has 1 aliphatic rings. The van der Waals surface area contributed by atoms with Gasteiger partial charge in [0, 0.05) is 13.1 Å². The number of benzene rings is 1. The van der Waals surface area contributed by atoms with Crippen molar-refractivity contribution in [1.29, 1.82) is 0 Å². The number of nitrogens with one attached hydrogen (secondary N) is 1. The van der Waals surface area contributed by atoms with Crippen LogP contribution in [-0.2, 0) is 23.4 Å². The van der Waals surface area contributed by atoms with Crippen LogP contribution in [-0.4, -0.2) is 38.2 Å². The highest BCUT2D eigenvalue weighted by Crippen LogP contribution is 2.21. The summed E-state index contributed by atoms with van der Waals surface area (Å²) < 4.78 is 1.86. The van der Waals surface area contributed by atoms with Crippen LogP contribution in [0.4, 0.5) is 0 Å². The van der Waals surface area contributed by atoms with Crippen LogP contribution in [0.25, 0.3) is 0 Å². The minimum atomic E-state index is -0.146. The third kappa shape index (κ3) is 3.64. The predicted molar refractivity (Wildman–Crippen MR) is 92.1 cm³/mol. The lowest BCUT2D eigenvalue weighted by molar-refractivity contribution is -0.131. The Morgan fingerprint density at radius 3 is 2.67 bits per heavy atom. The van der Waals surface area contributed by atoms with Gasteiger partial charge in [-0.05, 0) is 32.8 Å². The molecule has 2 heterocycles. The van der Waals surface area contributed by atoms with E-state index < -0.39 is 0 Å². The molecule has 1 aliphatic heterocycles. The quantitative estimate of drug-likeness (QED) is 0.911. The number of hydrogen-bond donors (Lipinski definition) is 1. The Morgan fingerprint density at radius 2 is 2.04 bits per heavy atom. The van der Waals surface area contributed by atoms with Crippen molar-refractivity contribution in [1.82, 2.24) is 25.0 Å². The van der Waals surface area contributed by atoms with Gasteiger partial charge in [-0.3, -0.25) is 9.69 Å². The lowest BCUT2D eigenvalue weighted by Crippen LogP contribution is -2.55. The summed E-state index contributed by atoms with van der Waals surface area (Å²) in [5.74, 6) is 0.852. The third-order valence-electron chi connectivity index (χ3n) is 4.34. The molecule has 1 atom stereocenters. The lowest BCUT2D eigenvalue weighted by Gasteiger charge is -2.39. The summed E-state index contributed by atoms with van der Waals surface area (Å²) in [6, 6.07) is 10.2. The molecule has 1 fully saturated rings. The summed E-state index contributed by atoms with van der Waals surface area (Å²) >= 11 is 0. The first-order valence-corrected chi connectivity index (χ1v) is 8.40. The van der Waals surface area contributed by atoms with E-state index in [-0.39, 0.29) is 17.5 Å². The molecule has 6 nitrogen and oxygen atoms in total. The number of rotatable bonds is 5. The van der Waals surface area contributed by atoms with E-state index in [9.17, 15) is 4.79 Å². The van der Waals surface area contributed by atoms with Crippen LogP contribution in [0.1, 0.15) is 38.6 Å². The highest BCUT2D eigenvalue weighted by molar-refractivity contribution is 5.82. The Balaban J connectivity index is 1.55. The van der Waals surface area contributed by atoms with Gasteiger partial charge in [-0.25, -0.2) is 9.67 Å². The van der Waals surface area contributed by atoms with Crippen molar-refractivity contribution in [2.24, 2.45) is 0 Å². The van der Waals surface area contributed by atoms with Crippen molar-refractivity contribution in [3.05, 3.63) is 48.0 Å². The van der Waals surface area contributed by atoms with Gasteiger partial charge in [-0.15, -0.1) is 0 Å². The number of aromatic nitrogens is 3. The molecular formula is C18H25N5O. The van der Waals surface area contributed by atoms with Crippen molar-refractivity contribution in [2.75, 3.05) is 6.54 Å². The maximum atomic E-state index is 12.5. The molecule has 1 aromatic heterocycles. The minimum Gasteiger partial charge on any atom is -0.347 e. The van der Waals surface area contributed by atoms with Crippen LogP contribution >= 0.6 is 0 Å². The van der Waals surface area contributed by atoms with Gasteiger partial charge < -0.3 is 5.32 Å². The molecule has 1 aromatic carbocycles. The fourth-order valence-electron chi connectivity index (χ4n) is 2.98. The van der Waals surface area contributed by atoms with Crippen molar-refractivity contribution in [2.45, 2.75) is 51.9 Å². The molecule has 1 N–H and O–H groups in total. The van der Waals surface area contributed by atoms with Crippen LogP contribution in [0.3, 0.4) is 0 Å². The first-order chi connectivity index (χ1) is 11.4. The molecule has 0 radical (unpaired) electrons. The Bertz CT molecular complexity index is 689. The molecule has 0 aliphatic carbocycles. The standard InChI is InChI=1S/C18H25N5O/c1-18(2,3)23-16(20-13-21-23)11-19-17(24)15-9-10-22(15)12-14-7-5-4-6-8-14/h4-8,13,15H,9-12H2,1-3H3,(H,19,24). The molecule has 24 heavy (non-hydrogen) atoms. The van der Waals surface area contributed by atoms with Gasteiger partial charge in [0.15, 0.2) is 0 Å². The Morgan fingerprint density at radius 1 is 1.29 bits per heavy atom. The maximum absolute atomic E-state index is 12.5. The molecule has 0 spiro atoms. The number of carbonyl (C=O) groups is 1. The molecule has 6 heteroatoms. The van der Waals surface area contributed by atoms with Gasteiger partial charge in [0.1, 0.15) is 12.2 Å². The van der Waals surface area contributed by atoms with Crippen molar-refractivity contribution in [3.63, 3.8) is 0 Å². The number of likely N-dealkylation sites (tertiary alicyclic amines) is 1. The predicted octanol–water partition coefficient (Wildman–Crippen LogP) is 1.92. The number of amides is 1. The summed E-state index contributed by atoms with van der Waals surface area (Å²) in [7, 11) is 0. The van der Waals surface area contributed by atoms with Gasteiger partial charge in [-0.2, -0.15) is 5.10 Å². The molecule has 1 unspecified atom stereocenters. The first kappa shape index (κ1) is 16.6. The van der Waals surface area contributed by atoms with Crippen LogP contribution in [0.5, 0.6) is 0 Å². The minimum absolute atomic E-state index is 0.0452. The molecule has 0 saturated carbocycles. The SMILES string of the molecule is CC(C)(C)n1ncnc1CNC(=O)C1CCN1Cc1ccccc1. The first-order valence-electron chi connectivity index (χ1n) is 8.40. The van der Waals surface area contributed by atoms with E-state index in [2.05, 4.69) is 53.2 Å². The second-order valence-electron chi connectivity index (χ2n) is 7.24. The van der Waals surface area contributed by atoms with Gasteiger partial charge in [0.05, 0.1) is 18.1 Å². The topological polar surface area (TPSA) is 63.1 Å². The largest absolute Gasteiger partial charge is 0.347 e. The fraction of sp³-hybridized carbons (Fsp3) is 0.500. The molecule has 3 rings (SSSR count). The summed E-state index contributed by atoms with van der Waals surface area (Å²) in [5, 5.41) is 7.27. The highest BCUT2D eigenvalue weighted by atomic mass is 16.2. The van der Waals surface area contributed by atoms with Crippen LogP contribution in [0, 0.1) is 0 Å². The summed E-state index contributed by atoms with van der Waals surface area (Å²) in [6.45, 7) is 8.40. The molecule has 1 amide bonds. The van der Waals surface area contributed by atoms with Gasteiger partial charge in [0.2, 0.25) is 5.91 Å². The Kier molecular flexibility index (Phi) is 4.66. The van der Waals surface area contributed by atoms with E-state index in [0.29, 0.717) is 6.54 Å². The molecule has 1 saturated heterocycles. The number of hydrogen-bond acceptors (Lipinski definition) is 4. The maximum Gasteiger partial charge on any atom is 0.237 e. The zero-order chi connectivity index (χ0) is 17.2. The fourth-order valence-corrected chi connectivity index (χ4v) is 2.98. The van der Waals surface area contributed by atoms with Crippen molar-refractivity contribution in [3.8, 4) is 0 Å². The van der Waals surface area contributed by atoms with Crippen molar-refractivity contribution >= 4 is 5.91 Å². The summed E-state index contributed by atoms with van der Waals surface area (Å²) in [6.07, 6.45) is 2.45. The second kappa shape index (κ2) is 6.73. The zero-order valence-corrected chi connectivity index (χ0v) is 14.6. The average molecular weight is 327 g/mol. The number of nitrogens with zero attached hydrogens (tertiary/aromatic N) is 4. The molecule has 2 aromatic rings. The molecular weight excluding hydrogens is 302 g/mol. The zero-order valence-electron chi connectivity index (χ0n) is 14.6. The van der Waals surface area contributed by atoms with Gasteiger partial charge >= 0.3 is 0 Å². The van der Waals surface area contributed by atoms with Crippen molar-refractivity contribution < 1.29 is 4.79 Å². The van der Waals surface area contributed by atoms with Crippen LogP contribution in [0.15, 0.2) is 36.7 Å². The number of carbonyl (C=O) groups excluding carboxylic acids is 1. The van der Waals surface area contributed by atoms with E-state index in [4.69, 9.17) is 0 Å². The Labute approximate surface area is 142 Å². The van der Waals surface area contributed by atoms with E-state index in [0.717, 1.165) is 25.3 Å². The van der Waals surface area contributed by atoms with E-state index in [1.165, 1.54) is 11.9 Å². The van der Waals surface area contributed by atoms with E-state index in [1.807, 2.05) is 22.9 Å². The molecule has 128 valence electrons. The van der Waals surface area contributed by atoms with Crippen LogP contribution in [0.2, 0.25) is 0 Å². The molecule has 0 bridgehead atoms. The van der Waals surface area contributed by atoms with E-state index in [1.54, 1.807) is 0 Å². The third-order valence-corrected chi connectivity index (χ3v) is 4.34. The Hall–Kier alpha value is -2.21. The summed E-state index contributed by atoms with van der Waals surface area (Å²) in [5.41, 5.74) is 1.09. The second-order valence-corrected chi connectivity index (χ2v) is 7.24. The highest BCUT2D eigenvalue weighted by Gasteiger charge is 2.34. The average Bonchev–Trinajstić information content (AvgIpc) is 2.99. The van der Waals surface area contributed by atoms with E-state index >= 15 is 0 Å². The van der Waals surface area contributed by atoms with Gasteiger partial charge in [0.25, 0.3) is 0 Å². The lowest BCUT2D eigenvalue weighted by atomic mass is 10.0. The monoisotopic (exact) mass is 327 g/mol. The summed E-state index contributed by atoms with van der Waals surface area (Å²) in [4.78, 5) is 18.9. The smallest absolute Gasteiger partial charge is 0.237 e. The van der Waals surface area contributed by atoms with Crippen LogP contribution < -0.4 is 5.32 Å². The normalized spacial score (nSPS) is 18.2. The van der Waals surface area contributed by atoms with Gasteiger partial charge in [-0.1, -0.05) is 30.3 Å².